The second kappa shape index (κ2) is 8.05. The second-order valence-corrected chi connectivity index (χ2v) is 5.45. The van der Waals surface area contributed by atoms with E-state index in [4.69, 9.17) is 16.1 Å². The van der Waals surface area contributed by atoms with E-state index in [-0.39, 0.29) is 16.4 Å². The first-order chi connectivity index (χ1) is 12.1. The van der Waals surface area contributed by atoms with Crippen LogP contribution in [0.1, 0.15) is 16.9 Å². The Hall–Kier alpha value is -2.81. The molecule has 1 aromatic carbocycles. The van der Waals surface area contributed by atoms with Crippen molar-refractivity contribution in [1.82, 2.24) is 5.16 Å². The molecule has 26 heavy (non-hydrogen) atoms. The number of amides is 1. The lowest BCUT2D eigenvalue weighted by atomic mass is 10.1. The van der Waals surface area contributed by atoms with Gasteiger partial charge in [-0.1, -0.05) is 16.8 Å². The number of anilines is 1. The van der Waals surface area contributed by atoms with Crippen molar-refractivity contribution >= 4 is 35.4 Å². The highest BCUT2D eigenvalue weighted by Crippen LogP contribution is 2.32. The fraction of sp³-hybridized carbons (Fsp3) is 0.188. The summed E-state index contributed by atoms with van der Waals surface area (Å²) in [5.74, 6) is -0.935. The van der Waals surface area contributed by atoms with Gasteiger partial charge in [-0.25, -0.2) is 4.79 Å². The number of alkyl halides is 3. The van der Waals surface area contributed by atoms with E-state index in [2.05, 4.69) is 15.2 Å². The van der Waals surface area contributed by atoms with E-state index < -0.39 is 30.2 Å². The van der Waals surface area contributed by atoms with Crippen LogP contribution >= 0.6 is 11.6 Å². The number of nitrogens with one attached hydrogen (secondary N) is 1. The van der Waals surface area contributed by atoms with E-state index in [1.54, 1.807) is 6.92 Å². The summed E-state index contributed by atoms with van der Waals surface area (Å²) in [7, 11) is 0. The van der Waals surface area contributed by atoms with Crippen molar-refractivity contribution in [3.63, 3.8) is 0 Å². The first-order valence-corrected chi connectivity index (χ1v) is 7.47. The van der Waals surface area contributed by atoms with Gasteiger partial charge in [-0.2, -0.15) is 13.2 Å². The first-order valence-electron chi connectivity index (χ1n) is 7.10. The summed E-state index contributed by atoms with van der Waals surface area (Å²) in [6, 6.07) is 4.16. The highest BCUT2D eigenvalue weighted by Gasteiger charge is 2.30. The molecule has 1 heterocycles. The lowest BCUT2D eigenvalue weighted by Gasteiger charge is -2.08. The largest absolute Gasteiger partial charge is 0.452 e. The Morgan fingerprint density at radius 3 is 2.69 bits per heavy atom. The number of nitrogens with zero attached hydrogens (tertiary/aromatic N) is 1. The summed E-state index contributed by atoms with van der Waals surface area (Å²) in [4.78, 5) is 23.2. The summed E-state index contributed by atoms with van der Waals surface area (Å²) in [5, 5.41) is 5.89. The highest BCUT2D eigenvalue weighted by molar-refractivity contribution is 6.32. The average molecular weight is 389 g/mol. The van der Waals surface area contributed by atoms with Crippen LogP contribution in [0.15, 0.2) is 34.9 Å². The molecule has 0 aliphatic carbocycles. The van der Waals surface area contributed by atoms with Crippen molar-refractivity contribution in [2.24, 2.45) is 0 Å². The number of esters is 1. The first kappa shape index (κ1) is 19.5. The van der Waals surface area contributed by atoms with E-state index in [0.29, 0.717) is 5.76 Å². The molecule has 1 aromatic heterocycles. The molecule has 6 nitrogen and oxygen atoms in total. The van der Waals surface area contributed by atoms with Crippen LogP contribution in [-0.4, -0.2) is 23.6 Å². The van der Waals surface area contributed by atoms with Crippen molar-refractivity contribution in [2.75, 3.05) is 11.9 Å². The fourth-order valence-corrected chi connectivity index (χ4v) is 1.98. The van der Waals surface area contributed by atoms with Crippen molar-refractivity contribution in [2.45, 2.75) is 13.1 Å². The van der Waals surface area contributed by atoms with Crippen LogP contribution in [-0.2, 0) is 20.5 Å². The predicted molar refractivity (Wildman–Crippen MR) is 86.3 cm³/mol. The molecule has 0 aliphatic rings. The number of rotatable bonds is 5. The molecule has 1 N–H and O–H groups in total. The minimum atomic E-state index is -4.54. The molecule has 0 spiro atoms. The number of aromatic nitrogens is 1. The molecule has 1 amide bonds. The average Bonchev–Trinajstić information content (AvgIpc) is 2.96. The third kappa shape index (κ3) is 5.62. The van der Waals surface area contributed by atoms with Crippen molar-refractivity contribution in [3.05, 3.63) is 52.3 Å². The van der Waals surface area contributed by atoms with Gasteiger partial charge in [-0.15, -0.1) is 0 Å². The molecule has 0 bridgehead atoms. The topological polar surface area (TPSA) is 81.4 Å². The molecule has 2 rings (SSSR count). The number of carbonyl (C=O) groups is 2. The summed E-state index contributed by atoms with van der Waals surface area (Å²) < 4.78 is 47.4. The van der Waals surface area contributed by atoms with Gasteiger partial charge in [0.15, 0.2) is 12.4 Å². The Kier molecular flexibility index (Phi) is 6.04. The molecule has 0 aliphatic heterocycles. The monoisotopic (exact) mass is 388 g/mol. The van der Waals surface area contributed by atoms with Crippen LogP contribution < -0.4 is 5.32 Å². The zero-order valence-electron chi connectivity index (χ0n) is 13.3. The van der Waals surface area contributed by atoms with Crippen LogP contribution in [0.2, 0.25) is 5.02 Å². The molecule has 138 valence electrons. The van der Waals surface area contributed by atoms with Gasteiger partial charge >= 0.3 is 12.1 Å². The lowest BCUT2D eigenvalue weighted by molar-refractivity contribution is -0.142. The maximum atomic E-state index is 12.7. The zero-order chi connectivity index (χ0) is 19.3. The van der Waals surface area contributed by atoms with Gasteiger partial charge in [0.05, 0.1) is 5.56 Å². The van der Waals surface area contributed by atoms with Crippen molar-refractivity contribution in [3.8, 4) is 0 Å². The van der Waals surface area contributed by atoms with Crippen LogP contribution in [0.3, 0.4) is 0 Å². The Bertz CT molecular complexity index is 846. The number of hydrogen-bond acceptors (Lipinski definition) is 5. The Morgan fingerprint density at radius 1 is 1.35 bits per heavy atom. The molecule has 0 atom stereocenters. The third-order valence-electron chi connectivity index (χ3n) is 2.96. The Balaban J connectivity index is 1.92. The zero-order valence-corrected chi connectivity index (χ0v) is 14.0. The SMILES string of the molecule is Cc1cc(NC(=O)COC(=O)/C=C/c2cc(C(F)(F)F)ccc2Cl)no1. The molecule has 0 radical (unpaired) electrons. The third-order valence-corrected chi connectivity index (χ3v) is 3.31. The van der Waals surface area contributed by atoms with Gasteiger partial charge in [-0.3, -0.25) is 4.79 Å². The Labute approximate surface area is 150 Å². The van der Waals surface area contributed by atoms with Crippen LogP contribution in [0.25, 0.3) is 6.08 Å². The molecule has 0 fully saturated rings. The van der Waals surface area contributed by atoms with Gasteiger partial charge in [0, 0.05) is 17.2 Å². The number of aryl methyl sites for hydroxylation is 1. The predicted octanol–water partition coefficient (Wildman–Crippen LogP) is 3.85. The molecule has 0 saturated heterocycles. The smallest absolute Gasteiger partial charge is 0.416 e. The van der Waals surface area contributed by atoms with Crippen molar-refractivity contribution in [1.29, 1.82) is 0 Å². The normalized spacial score (nSPS) is 11.6. The second-order valence-electron chi connectivity index (χ2n) is 5.05. The number of carbonyl (C=O) groups excluding carboxylic acids is 2. The summed E-state index contributed by atoms with van der Waals surface area (Å²) in [5.41, 5.74) is -0.918. The van der Waals surface area contributed by atoms with E-state index >= 15 is 0 Å². The maximum Gasteiger partial charge on any atom is 0.416 e. The molecular weight excluding hydrogens is 377 g/mol. The fourth-order valence-electron chi connectivity index (χ4n) is 1.79. The number of ether oxygens (including phenoxy) is 1. The number of hydrogen-bond donors (Lipinski definition) is 1. The number of benzene rings is 1. The minimum absolute atomic E-state index is 0.0130. The van der Waals surface area contributed by atoms with Crippen molar-refractivity contribution < 1.29 is 32.0 Å². The maximum absolute atomic E-state index is 12.7. The molecular formula is C16H12ClF3N2O4. The van der Waals surface area contributed by atoms with E-state index in [0.717, 1.165) is 30.4 Å². The van der Waals surface area contributed by atoms with Gasteiger partial charge in [0.25, 0.3) is 5.91 Å². The summed E-state index contributed by atoms with van der Waals surface area (Å²) >= 11 is 5.80. The molecule has 0 unspecified atom stereocenters. The molecule has 0 saturated carbocycles. The van der Waals surface area contributed by atoms with Crippen LogP contribution in [0.4, 0.5) is 19.0 Å². The lowest BCUT2D eigenvalue weighted by Crippen LogP contribution is -2.20. The van der Waals surface area contributed by atoms with Gasteiger partial charge in [0.2, 0.25) is 0 Å². The van der Waals surface area contributed by atoms with Gasteiger partial charge in [0.1, 0.15) is 5.76 Å². The van der Waals surface area contributed by atoms with Crippen LogP contribution in [0, 0.1) is 6.92 Å². The molecule has 2 aromatic rings. The van der Waals surface area contributed by atoms with E-state index in [1.807, 2.05) is 0 Å². The summed E-state index contributed by atoms with van der Waals surface area (Å²) in [6.07, 6.45) is -2.60. The highest BCUT2D eigenvalue weighted by atomic mass is 35.5. The number of halogens is 4. The van der Waals surface area contributed by atoms with Crippen LogP contribution in [0.5, 0.6) is 0 Å². The van der Waals surface area contributed by atoms with Gasteiger partial charge < -0.3 is 14.6 Å². The standard InChI is InChI=1S/C16H12ClF3N2O4/c1-9-6-13(22-26-9)21-14(23)8-25-15(24)5-2-10-7-11(16(18,19)20)3-4-12(10)17/h2-7H,8H2,1H3,(H,21,22,23)/b5-2+. The molecule has 10 heteroatoms. The van der Waals surface area contributed by atoms with E-state index in [1.165, 1.54) is 6.07 Å². The Morgan fingerprint density at radius 2 is 2.08 bits per heavy atom. The minimum Gasteiger partial charge on any atom is -0.452 e. The van der Waals surface area contributed by atoms with Gasteiger partial charge in [-0.05, 0) is 36.8 Å². The quantitative estimate of drug-likeness (QED) is 0.621. The van der Waals surface area contributed by atoms with E-state index in [9.17, 15) is 22.8 Å². The summed E-state index contributed by atoms with van der Waals surface area (Å²) in [6.45, 7) is 1.03.